The third kappa shape index (κ3) is 3.36. The fourth-order valence-corrected chi connectivity index (χ4v) is 3.33. The number of nitrogens with zero attached hydrogens (tertiary/aromatic N) is 1. The van der Waals surface area contributed by atoms with Crippen molar-refractivity contribution in [2.75, 3.05) is 13.6 Å². The number of hydrogen-bond acceptors (Lipinski definition) is 3. The van der Waals surface area contributed by atoms with E-state index in [9.17, 15) is 0 Å². The molecule has 1 aromatic heterocycles. The maximum Gasteiger partial charge on any atom is 0.117 e. The van der Waals surface area contributed by atoms with Gasteiger partial charge in [0.15, 0.2) is 0 Å². The molecule has 1 aliphatic rings. The SMILES string of the molecule is CC1CCCC(C(CN)N(C)Cc2ccco2)C1. The smallest absolute Gasteiger partial charge is 0.117 e. The molecule has 0 amide bonds. The maximum atomic E-state index is 6.01. The average Bonchev–Trinajstić information content (AvgIpc) is 2.83. The summed E-state index contributed by atoms with van der Waals surface area (Å²) in [5.41, 5.74) is 6.01. The van der Waals surface area contributed by atoms with Crippen LogP contribution in [0.2, 0.25) is 0 Å². The third-order valence-electron chi connectivity index (χ3n) is 4.31. The standard InChI is InChI=1S/C15H26N2O/c1-12-5-3-6-13(9-12)15(10-16)17(2)11-14-7-4-8-18-14/h4,7-8,12-13,15H,3,5-6,9-11,16H2,1-2H3. The summed E-state index contributed by atoms with van der Waals surface area (Å²) in [5.74, 6) is 2.63. The van der Waals surface area contributed by atoms with Crippen LogP contribution < -0.4 is 5.73 Å². The molecule has 2 rings (SSSR count). The van der Waals surface area contributed by atoms with E-state index >= 15 is 0 Å². The second-order valence-electron chi connectivity index (χ2n) is 5.83. The molecule has 0 saturated heterocycles. The zero-order chi connectivity index (χ0) is 13.0. The van der Waals surface area contributed by atoms with Crippen LogP contribution in [0.3, 0.4) is 0 Å². The van der Waals surface area contributed by atoms with Gasteiger partial charge in [0.05, 0.1) is 12.8 Å². The molecule has 1 fully saturated rings. The summed E-state index contributed by atoms with van der Waals surface area (Å²) in [6, 6.07) is 4.47. The van der Waals surface area contributed by atoms with E-state index in [2.05, 4.69) is 18.9 Å². The Morgan fingerprint density at radius 2 is 2.33 bits per heavy atom. The van der Waals surface area contributed by atoms with E-state index in [1.165, 1.54) is 25.7 Å². The summed E-state index contributed by atoms with van der Waals surface area (Å²) in [5, 5.41) is 0. The molecule has 1 aromatic rings. The molecule has 2 N–H and O–H groups in total. The van der Waals surface area contributed by atoms with Crippen molar-refractivity contribution in [3.8, 4) is 0 Å². The van der Waals surface area contributed by atoms with Gasteiger partial charge >= 0.3 is 0 Å². The average molecular weight is 250 g/mol. The molecule has 0 aliphatic heterocycles. The molecule has 0 radical (unpaired) electrons. The fourth-order valence-electron chi connectivity index (χ4n) is 3.33. The van der Waals surface area contributed by atoms with E-state index in [0.29, 0.717) is 6.04 Å². The quantitative estimate of drug-likeness (QED) is 0.873. The molecule has 3 unspecified atom stereocenters. The summed E-state index contributed by atoms with van der Waals surface area (Å²) in [6.45, 7) is 3.97. The van der Waals surface area contributed by atoms with Gasteiger partial charge in [-0.05, 0) is 43.9 Å². The van der Waals surface area contributed by atoms with Crippen LogP contribution in [0.1, 0.15) is 38.4 Å². The lowest BCUT2D eigenvalue weighted by molar-refractivity contribution is 0.119. The van der Waals surface area contributed by atoms with Crippen molar-refractivity contribution in [2.45, 2.75) is 45.2 Å². The Labute approximate surface area is 110 Å². The zero-order valence-corrected chi connectivity index (χ0v) is 11.6. The summed E-state index contributed by atoms with van der Waals surface area (Å²) in [6.07, 6.45) is 7.13. The van der Waals surface area contributed by atoms with Crippen LogP contribution >= 0.6 is 0 Å². The highest BCUT2D eigenvalue weighted by atomic mass is 16.3. The molecule has 3 atom stereocenters. The predicted molar refractivity (Wildman–Crippen MR) is 74.1 cm³/mol. The maximum absolute atomic E-state index is 6.01. The van der Waals surface area contributed by atoms with Crippen molar-refractivity contribution in [1.29, 1.82) is 0 Å². The molecule has 102 valence electrons. The minimum Gasteiger partial charge on any atom is -0.468 e. The van der Waals surface area contributed by atoms with Crippen molar-refractivity contribution in [2.24, 2.45) is 17.6 Å². The topological polar surface area (TPSA) is 42.4 Å². The van der Waals surface area contributed by atoms with Gasteiger partial charge in [-0.1, -0.05) is 19.8 Å². The van der Waals surface area contributed by atoms with Crippen molar-refractivity contribution < 1.29 is 4.42 Å². The lowest BCUT2D eigenvalue weighted by Gasteiger charge is -2.37. The van der Waals surface area contributed by atoms with Gasteiger partial charge in [-0.25, -0.2) is 0 Å². The first kappa shape index (κ1) is 13.6. The Morgan fingerprint density at radius 3 is 2.94 bits per heavy atom. The highest BCUT2D eigenvalue weighted by Gasteiger charge is 2.28. The van der Waals surface area contributed by atoms with E-state index in [1.807, 2.05) is 12.1 Å². The molecule has 1 heterocycles. The normalized spacial score (nSPS) is 26.4. The van der Waals surface area contributed by atoms with Gasteiger partial charge in [0, 0.05) is 12.6 Å². The van der Waals surface area contributed by atoms with Crippen LogP contribution in [0.5, 0.6) is 0 Å². The molecular weight excluding hydrogens is 224 g/mol. The van der Waals surface area contributed by atoms with E-state index in [-0.39, 0.29) is 0 Å². The van der Waals surface area contributed by atoms with Crippen LogP contribution in [0.25, 0.3) is 0 Å². The molecular formula is C15H26N2O. The molecule has 0 bridgehead atoms. The lowest BCUT2D eigenvalue weighted by atomic mass is 9.78. The van der Waals surface area contributed by atoms with Gasteiger partial charge in [-0.3, -0.25) is 4.90 Å². The third-order valence-corrected chi connectivity index (χ3v) is 4.31. The van der Waals surface area contributed by atoms with Crippen LogP contribution in [0.4, 0.5) is 0 Å². The summed E-state index contributed by atoms with van der Waals surface area (Å²) >= 11 is 0. The van der Waals surface area contributed by atoms with E-state index in [0.717, 1.165) is 30.7 Å². The number of hydrogen-bond donors (Lipinski definition) is 1. The van der Waals surface area contributed by atoms with Gasteiger partial charge in [0.25, 0.3) is 0 Å². The first-order valence-electron chi connectivity index (χ1n) is 7.13. The number of rotatable bonds is 5. The minimum atomic E-state index is 0.484. The molecule has 3 heteroatoms. The summed E-state index contributed by atoms with van der Waals surface area (Å²) in [4.78, 5) is 2.36. The first-order chi connectivity index (χ1) is 8.70. The molecule has 3 nitrogen and oxygen atoms in total. The Bertz CT molecular complexity index is 336. The Balaban J connectivity index is 1.94. The van der Waals surface area contributed by atoms with Gasteiger partial charge in [0.1, 0.15) is 5.76 Å². The van der Waals surface area contributed by atoms with E-state index in [4.69, 9.17) is 10.2 Å². The first-order valence-corrected chi connectivity index (χ1v) is 7.13. The summed E-state index contributed by atoms with van der Waals surface area (Å²) in [7, 11) is 2.17. The summed E-state index contributed by atoms with van der Waals surface area (Å²) < 4.78 is 5.42. The van der Waals surface area contributed by atoms with Crippen LogP contribution in [0, 0.1) is 11.8 Å². The van der Waals surface area contributed by atoms with Crippen LogP contribution in [-0.2, 0) is 6.54 Å². The van der Waals surface area contributed by atoms with Crippen molar-refractivity contribution in [3.05, 3.63) is 24.2 Å². The molecule has 0 spiro atoms. The van der Waals surface area contributed by atoms with Crippen LogP contribution in [0.15, 0.2) is 22.8 Å². The predicted octanol–water partition coefficient (Wildman–Crippen LogP) is 2.87. The number of furan rings is 1. The second-order valence-corrected chi connectivity index (χ2v) is 5.83. The number of nitrogens with two attached hydrogens (primary N) is 1. The van der Waals surface area contributed by atoms with Gasteiger partial charge < -0.3 is 10.2 Å². The Hall–Kier alpha value is -0.800. The minimum absolute atomic E-state index is 0.484. The van der Waals surface area contributed by atoms with Crippen LogP contribution in [-0.4, -0.2) is 24.5 Å². The molecule has 1 saturated carbocycles. The van der Waals surface area contributed by atoms with Gasteiger partial charge in [0.2, 0.25) is 0 Å². The lowest BCUT2D eigenvalue weighted by Crippen LogP contribution is -2.44. The molecule has 0 aromatic carbocycles. The van der Waals surface area contributed by atoms with Crippen molar-refractivity contribution >= 4 is 0 Å². The highest BCUT2D eigenvalue weighted by molar-refractivity contribution is 4.98. The van der Waals surface area contributed by atoms with Gasteiger partial charge in [-0.2, -0.15) is 0 Å². The monoisotopic (exact) mass is 250 g/mol. The molecule has 1 aliphatic carbocycles. The van der Waals surface area contributed by atoms with E-state index in [1.54, 1.807) is 6.26 Å². The largest absolute Gasteiger partial charge is 0.468 e. The molecule has 18 heavy (non-hydrogen) atoms. The van der Waals surface area contributed by atoms with Crippen molar-refractivity contribution in [1.82, 2.24) is 4.90 Å². The number of likely N-dealkylation sites (N-methyl/N-ethyl adjacent to an activating group) is 1. The highest BCUT2D eigenvalue weighted by Crippen LogP contribution is 2.32. The Morgan fingerprint density at radius 1 is 1.50 bits per heavy atom. The van der Waals surface area contributed by atoms with E-state index < -0.39 is 0 Å². The van der Waals surface area contributed by atoms with Crippen molar-refractivity contribution in [3.63, 3.8) is 0 Å². The zero-order valence-electron chi connectivity index (χ0n) is 11.6. The Kier molecular flexibility index (Phi) is 4.84. The second kappa shape index (κ2) is 6.39. The fraction of sp³-hybridized carbons (Fsp3) is 0.733. The van der Waals surface area contributed by atoms with Gasteiger partial charge in [-0.15, -0.1) is 0 Å².